The second kappa shape index (κ2) is 12.4. The van der Waals surface area contributed by atoms with Crippen LogP contribution in [0.5, 0.6) is 0 Å². The normalized spacial score (nSPS) is 19.6. The molecule has 0 fully saturated rings. The number of hydrogen-bond acceptors (Lipinski definition) is 0. The van der Waals surface area contributed by atoms with Gasteiger partial charge >= 0.3 is 29.6 Å². The van der Waals surface area contributed by atoms with Gasteiger partial charge < -0.3 is 1.43 Å². The van der Waals surface area contributed by atoms with Gasteiger partial charge in [-0.1, -0.05) is 66.2 Å². The third kappa shape index (κ3) is 7.87. The summed E-state index contributed by atoms with van der Waals surface area (Å²) in [5.41, 5.74) is 8.79. The van der Waals surface area contributed by atoms with E-state index in [0.29, 0.717) is 0 Å². The van der Waals surface area contributed by atoms with Crippen LogP contribution in [0.3, 0.4) is 0 Å². The molecule has 0 spiro atoms. The predicted octanol–water partition coefficient (Wildman–Crippen LogP) is 4.18. The van der Waals surface area contributed by atoms with Crippen molar-refractivity contribution in [1.82, 2.24) is 0 Å². The van der Waals surface area contributed by atoms with Crippen molar-refractivity contribution in [2.24, 2.45) is 10.8 Å². The molecule has 0 saturated heterocycles. The van der Waals surface area contributed by atoms with Crippen LogP contribution in [-0.2, 0) is 0 Å². The Morgan fingerprint density at radius 2 is 0.833 bits per heavy atom. The second-order valence-electron chi connectivity index (χ2n) is 7.25. The Bertz CT molecular complexity index is 506. The molecule has 24 heavy (non-hydrogen) atoms. The molecular weight excluding hydrogens is 478 g/mol. The molecule has 0 bridgehead atoms. The van der Waals surface area contributed by atoms with Crippen molar-refractivity contribution in [2.45, 2.75) is 69.2 Å². The topological polar surface area (TPSA) is 0 Å². The third-order valence-electron chi connectivity index (χ3n) is 5.12. The van der Waals surface area contributed by atoms with E-state index in [-0.39, 0.29) is 107 Å². The van der Waals surface area contributed by atoms with Crippen molar-refractivity contribution < 1.29 is 71.8 Å². The van der Waals surface area contributed by atoms with E-state index in [9.17, 15) is 0 Å². The van der Waals surface area contributed by atoms with Crippen LogP contribution in [0.2, 0.25) is 0 Å². The molecule has 0 heterocycles. The van der Waals surface area contributed by atoms with Gasteiger partial charge in [0.2, 0.25) is 0 Å². The van der Waals surface area contributed by atoms with E-state index in [1.165, 1.54) is 33.4 Å². The summed E-state index contributed by atoms with van der Waals surface area (Å²) in [5, 5.41) is 0. The molecule has 134 valence electrons. The zero-order valence-corrected chi connectivity index (χ0v) is 24.2. The fourth-order valence-corrected chi connectivity index (χ4v) is 2.81. The van der Waals surface area contributed by atoms with Crippen molar-refractivity contribution >= 4 is 24.8 Å². The number of halogens is 2. The molecule has 0 amide bonds. The summed E-state index contributed by atoms with van der Waals surface area (Å²) in [5.74, 6) is 0. The van der Waals surface area contributed by atoms with Gasteiger partial charge in [-0.2, -0.15) is 22.3 Å². The zero-order chi connectivity index (χ0) is 15.9. The van der Waals surface area contributed by atoms with Crippen molar-refractivity contribution in [2.75, 3.05) is 0 Å². The molecule has 4 heteroatoms. The van der Waals surface area contributed by atoms with Gasteiger partial charge in [0.25, 0.3) is 0 Å². The summed E-state index contributed by atoms with van der Waals surface area (Å²) in [6.07, 6.45) is 6.87. The molecule has 2 aliphatic carbocycles. The quantitative estimate of drug-likeness (QED) is 0.338. The maximum absolute atomic E-state index is 3.44. The Balaban J connectivity index is -0.0000000889. The largest absolute Gasteiger partial charge is 1.00 e. The number of allylic oxidation sites excluding steroid dienone is 8. The van der Waals surface area contributed by atoms with Gasteiger partial charge in [0.15, 0.2) is 0 Å². The summed E-state index contributed by atoms with van der Waals surface area (Å²) in [4.78, 5) is 0. The first kappa shape index (κ1) is 33.5. The monoisotopic (exact) mass is 508 g/mol. The average Bonchev–Trinajstić information content (AvgIpc) is 2.60. The van der Waals surface area contributed by atoms with Crippen molar-refractivity contribution in [3.05, 3.63) is 45.6 Å². The summed E-state index contributed by atoms with van der Waals surface area (Å²) >= 11 is 0. The van der Waals surface area contributed by atoms with E-state index < -0.39 is 0 Å². The van der Waals surface area contributed by atoms with Gasteiger partial charge in [-0.3, -0.25) is 12.2 Å². The molecule has 0 aromatic rings. The fraction of sp³-hybridized carbons (Fsp3) is 0.600. The van der Waals surface area contributed by atoms with Crippen LogP contribution >= 0.6 is 24.8 Å². The van der Waals surface area contributed by atoms with Gasteiger partial charge in [0.1, 0.15) is 0 Å². The minimum atomic E-state index is 0. The van der Waals surface area contributed by atoms with Gasteiger partial charge in [-0.05, 0) is 0 Å². The maximum atomic E-state index is 3.44. The van der Waals surface area contributed by atoms with E-state index >= 15 is 0 Å². The van der Waals surface area contributed by atoms with E-state index in [0.717, 1.165) is 0 Å². The average molecular weight is 512 g/mol. The number of rotatable bonds is 0. The van der Waals surface area contributed by atoms with Crippen LogP contribution < -0.4 is 29.6 Å². The first-order chi connectivity index (χ1) is 8.90. The van der Waals surface area contributed by atoms with Crippen molar-refractivity contribution in [3.8, 4) is 0 Å². The van der Waals surface area contributed by atoms with Crippen LogP contribution in [0, 0.1) is 63.8 Å². The predicted molar refractivity (Wildman–Crippen MR) is 105 cm³/mol. The molecule has 0 radical (unpaired) electrons. The summed E-state index contributed by atoms with van der Waals surface area (Å²) in [7, 11) is 0. The van der Waals surface area contributed by atoms with Crippen LogP contribution in [0.4, 0.5) is 0 Å². The first-order valence-electron chi connectivity index (χ1n) is 7.50. The minimum Gasteiger partial charge on any atom is -1.00 e. The molecule has 0 atom stereocenters. The third-order valence-corrected chi connectivity index (χ3v) is 5.12. The molecule has 0 unspecified atom stereocenters. The van der Waals surface area contributed by atoms with E-state index in [2.05, 4.69) is 81.4 Å². The van der Waals surface area contributed by atoms with Gasteiger partial charge in [0, 0.05) is 40.8 Å². The minimum absolute atomic E-state index is 0. The Morgan fingerprint density at radius 1 is 0.625 bits per heavy atom. The van der Waals surface area contributed by atoms with Crippen LogP contribution in [-0.4, -0.2) is 0 Å². The van der Waals surface area contributed by atoms with Crippen molar-refractivity contribution in [1.29, 1.82) is 0 Å². The Kier molecular flexibility index (Phi) is 17.3. The first-order valence-corrected chi connectivity index (χ1v) is 7.50. The van der Waals surface area contributed by atoms with E-state index in [4.69, 9.17) is 0 Å². The van der Waals surface area contributed by atoms with Crippen LogP contribution in [0.1, 0.15) is 70.7 Å². The molecule has 0 saturated carbocycles. The Hall–Kier alpha value is 1.89. The Morgan fingerprint density at radius 3 is 0.875 bits per heavy atom. The van der Waals surface area contributed by atoms with E-state index in [1.807, 2.05) is 0 Å². The molecule has 0 aromatic heterocycles. The zero-order valence-electron chi connectivity index (χ0n) is 18.3. The summed E-state index contributed by atoms with van der Waals surface area (Å²) < 4.78 is 0. The molecule has 0 aromatic carbocycles. The maximum Gasteiger partial charge on any atom is 1.00 e. The summed E-state index contributed by atoms with van der Waals surface area (Å²) in [6.45, 7) is 21.8. The molecule has 0 N–H and O–H groups in total. The van der Waals surface area contributed by atoms with Gasteiger partial charge in [-0.25, -0.2) is 11.1 Å². The smallest absolute Gasteiger partial charge is 1.00 e. The fourth-order valence-electron chi connectivity index (χ4n) is 2.81. The van der Waals surface area contributed by atoms with Gasteiger partial charge in [-0.15, -0.1) is 38.7 Å². The molecule has 0 nitrogen and oxygen atoms in total. The molecule has 2 rings (SSSR count). The number of hydrogen-bond donors (Lipinski definition) is 0. The van der Waals surface area contributed by atoms with E-state index in [1.54, 1.807) is 0 Å². The SMILES string of the molecule is CC1=[C-]C(C)(C)C(C)=C1C.CC1=[C-]C(C)(C)C(C)=C1C.Cl.Cl.[H-].[Na+].[Nd]. The second-order valence-corrected chi connectivity index (χ2v) is 7.25. The molecular formula is C20H33Cl2NaNd-2. The van der Waals surface area contributed by atoms with Crippen LogP contribution in [0.15, 0.2) is 33.4 Å². The molecule has 2 aliphatic rings. The van der Waals surface area contributed by atoms with Crippen molar-refractivity contribution in [3.63, 3.8) is 0 Å². The van der Waals surface area contributed by atoms with Gasteiger partial charge in [0.05, 0.1) is 0 Å². The van der Waals surface area contributed by atoms with Crippen LogP contribution in [0.25, 0.3) is 0 Å². The standard InChI is InChI=1S/2C10H15.2ClH.Na.Nd.H/c2*1-7-6-10(4,5)9(3)8(7)2;;;;;/h2*1-5H3;2*1H;;;/q2*-1;;;+1;;-1. The molecule has 0 aliphatic heterocycles. The Labute approximate surface area is 219 Å². The summed E-state index contributed by atoms with van der Waals surface area (Å²) in [6, 6.07) is 0.